The maximum atomic E-state index is 12.4. The second-order valence-corrected chi connectivity index (χ2v) is 6.11. The van der Waals surface area contributed by atoms with Gasteiger partial charge in [-0.05, 0) is 19.9 Å². The molecular formula is C17H20N2O5S. The van der Waals surface area contributed by atoms with Gasteiger partial charge < -0.3 is 19.9 Å². The van der Waals surface area contributed by atoms with Gasteiger partial charge >= 0.3 is 11.9 Å². The van der Waals surface area contributed by atoms with Crippen LogP contribution in [0.25, 0.3) is 0 Å². The molecule has 0 saturated heterocycles. The van der Waals surface area contributed by atoms with Crippen molar-refractivity contribution in [1.29, 1.82) is 0 Å². The van der Waals surface area contributed by atoms with Crippen molar-refractivity contribution in [3.63, 3.8) is 0 Å². The molecule has 0 aliphatic carbocycles. The van der Waals surface area contributed by atoms with E-state index in [2.05, 4.69) is 10.3 Å². The van der Waals surface area contributed by atoms with Crippen LogP contribution in [0.2, 0.25) is 0 Å². The molecule has 0 radical (unpaired) electrons. The number of esters is 1. The zero-order chi connectivity index (χ0) is 18.4. The Bertz CT molecular complexity index is 730. The average Bonchev–Trinajstić information content (AvgIpc) is 2.59. The second kappa shape index (κ2) is 8.57. The first-order valence-electron chi connectivity index (χ1n) is 7.68. The predicted molar refractivity (Wildman–Crippen MR) is 95.7 cm³/mol. The summed E-state index contributed by atoms with van der Waals surface area (Å²) in [4.78, 5) is 27.8. The summed E-state index contributed by atoms with van der Waals surface area (Å²) in [5.74, 6) is -0.946. The molecule has 1 aromatic carbocycles. The van der Waals surface area contributed by atoms with Crippen LogP contribution in [0, 0.1) is 0 Å². The summed E-state index contributed by atoms with van der Waals surface area (Å²) in [5.41, 5.74) is 1.67. The smallest absolute Gasteiger partial charge is 0.338 e. The summed E-state index contributed by atoms with van der Waals surface area (Å²) in [6.07, 6.45) is 0. The van der Waals surface area contributed by atoms with E-state index in [1.165, 1.54) is 0 Å². The Balaban J connectivity index is 2.46. The lowest BCUT2D eigenvalue weighted by molar-refractivity contribution is -0.139. The standard InChI is InChI=1S/C17H20N2O5S/c1-4-24-16(22)14-10(2)18-17(25-9-13(20)21)19-15(14)11-7-5-6-8-12(11)23-3/h5-8,15H,4,9H2,1-3H3,(H,18,19)(H,20,21). The molecular weight excluding hydrogens is 344 g/mol. The minimum atomic E-state index is -0.943. The summed E-state index contributed by atoms with van der Waals surface area (Å²) in [6.45, 7) is 3.73. The number of aliphatic carboxylic acids is 1. The van der Waals surface area contributed by atoms with Gasteiger partial charge in [0.15, 0.2) is 5.17 Å². The van der Waals surface area contributed by atoms with Gasteiger partial charge in [-0.15, -0.1) is 0 Å². The van der Waals surface area contributed by atoms with E-state index in [0.29, 0.717) is 27.8 Å². The number of thioether (sulfide) groups is 1. The topological polar surface area (TPSA) is 97.2 Å². The van der Waals surface area contributed by atoms with Crippen LogP contribution in [0.4, 0.5) is 0 Å². The molecule has 25 heavy (non-hydrogen) atoms. The maximum absolute atomic E-state index is 12.4. The number of benzene rings is 1. The normalized spacial score (nSPS) is 16.8. The lowest BCUT2D eigenvalue weighted by Crippen LogP contribution is -2.31. The molecule has 0 amide bonds. The van der Waals surface area contributed by atoms with Crippen molar-refractivity contribution < 1.29 is 24.2 Å². The molecule has 0 saturated carbocycles. The fourth-order valence-corrected chi connectivity index (χ4v) is 3.11. The van der Waals surface area contributed by atoms with Gasteiger partial charge in [-0.1, -0.05) is 30.0 Å². The first-order chi connectivity index (χ1) is 12.0. The number of carboxylic acids is 1. The van der Waals surface area contributed by atoms with E-state index >= 15 is 0 Å². The molecule has 1 aromatic rings. The molecule has 0 bridgehead atoms. The molecule has 0 fully saturated rings. The third kappa shape index (κ3) is 4.54. The third-order valence-corrected chi connectivity index (χ3v) is 4.35. The highest BCUT2D eigenvalue weighted by Crippen LogP contribution is 2.37. The first kappa shape index (κ1) is 18.9. The highest BCUT2D eigenvalue weighted by Gasteiger charge is 2.32. The lowest BCUT2D eigenvalue weighted by atomic mass is 9.96. The number of hydrogen-bond acceptors (Lipinski definition) is 7. The van der Waals surface area contributed by atoms with Crippen LogP contribution in [0.1, 0.15) is 25.5 Å². The number of carbonyl (C=O) groups is 2. The predicted octanol–water partition coefficient (Wildman–Crippen LogP) is 2.35. The Hall–Kier alpha value is -2.48. The number of carboxylic acid groups (broad SMARTS) is 1. The summed E-state index contributed by atoms with van der Waals surface area (Å²) in [7, 11) is 1.55. The maximum Gasteiger partial charge on any atom is 0.338 e. The summed E-state index contributed by atoms with van der Waals surface area (Å²) >= 11 is 1.06. The van der Waals surface area contributed by atoms with E-state index in [4.69, 9.17) is 14.6 Å². The number of rotatable bonds is 6. The molecule has 1 heterocycles. The number of amidine groups is 1. The van der Waals surface area contributed by atoms with Gasteiger partial charge in [-0.25, -0.2) is 9.79 Å². The van der Waals surface area contributed by atoms with Crippen LogP contribution >= 0.6 is 11.8 Å². The Kier molecular flexibility index (Phi) is 6.46. The summed E-state index contributed by atoms with van der Waals surface area (Å²) in [5, 5.41) is 12.3. The fourth-order valence-electron chi connectivity index (χ4n) is 2.44. The zero-order valence-corrected chi connectivity index (χ0v) is 15.1. The van der Waals surface area contributed by atoms with Gasteiger partial charge in [-0.3, -0.25) is 4.79 Å². The number of nitrogens with one attached hydrogen (secondary N) is 1. The Morgan fingerprint density at radius 2 is 2.08 bits per heavy atom. The number of carbonyl (C=O) groups excluding carboxylic acids is 1. The molecule has 2 N–H and O–H groups in total. The molecule has 8 heteroatoms. The van der Waals surface area contributed by atoms with E-state index in [1.54, 1.807) is 27.0 Å². The van der Waals surface area contributed by atoms with Crippen molar-refractivity contribution in [2.75, 3.05) is 19.5 Å². The van der Waals surface area contributed by atoms with E-state index in [0.717, 1.165) is 11.8 Å². The monoisotopic (exact) mass is 364 g/mol. The van der Waals surface area contributed by atoms with E-state index < -0.39 is 18.0 Å². The summed E-state index contributed by atoms with van der Waals surface area (Å²) < 4.78 is 10.6. The van der Waals surface area contributed by atoms with Crippen LogP contribution < -0.4 is 10.1 Å². The Morgan fingerprint density at radius 1 is 1.36 bits per heavy atom. The molecule has 2 rings (SSSR count). The number of nitrogens with zero attached hydrogens (tertiary/aromatic N) is 1. The highest BCUT2D eigenvalue weighted by atomic mass is 32.2. The van der Waals surface area contributed by atoms with Crippen LogP contribution in [0.3, 0.4) is 0 Å². The van der Waals surface area contributed by atoms with Crippen molar-refractivity contribution in [2.45, 2.75) is 19.9 Å². The minimum absolute atomic E-state index is 0.132. The SMILES string of the molecule is CCOC(=O)C1=C(C)NC(SCC(=O)O)=NC1c1ccccc1OC. The largest absolute Gasteiger partial charge is 0.496 e. The molecule has 1 atom stereocenters. The number of methoxy groups -OCH3 is 1. The Labute approximate surface area is 150 Å². The highest BCUT2D eigenvalue weighted by molar-refractivity contribution is 8.14. The molecule has 134 valence electrons. The summed E-state index contributed by atoms with van der Waals surface area (Å²) in [6, 6.07) is 6.64. The van der Waals surface area contributed by atoms with Crippen molar-refractivity contribution in [3.05, 3.63) is 41.1 Å². The lowest BCUT2D eigenvalue weighted by Gasteiger charge is -2.26. The minimum Gasteiger partial charge on any atom is -0.496 e. The van der Waals surface area contributed by atoms with Crippen molar-refractivity contribution in [2.24, 2.45) is 4.99 Å². The van der Waals surface area contributed by atoms with Crippen LogP contribution in [-0.4, -0.2) is 41.7 Å². The van der Waals surface area contributed by atoms with E-state index in [9.17, 15) is 9.59 Å². The third-order valence-electron chi connectivity index (χ3n) is 3.48. The van der Waals surface area contributed by atoms with Gasteiger partial charge in [0.25, 0.3) is 0 Å². The average molecular weight is 364 g/mol. The zero-order valence-electron chi connectivity index (χ0n) is 14.2. The number of ether oxygens (including phenoxy) is 2. The van der Waals surface area contributed by atoms with Crippen LogP contribution in [0.5, 0.6) is 5.75 Å². The number of para-hydroxylation sites is 1. The number of allylic oxidation sites excluding steroid dienone is 1. The molecule has 1 unspecified atom stereocenters. The van der Waals surface area contributed by atoms with Gasteiger partial charge in [0, 0.05) is 11.3 Å². The Morgan fingerprint density at radius 3 is 2.72 bits per heavy atom. The molecule has 0 spiro atoms. The van der Waals surface area contributed by atoms with Gasteiger partial charge in [0.2, 0.25) is 0 Å². The molecule has 1 aliphatic rings. The van der Waals surface area contributed by atoms with Crippen LogP contribution in [-0.2, 0) is 14.3 Å². The first-order valence-corrected chi connectivity index (χ1v) is 8.66. The molecule has 1 aliphatic heterocycles. The number of hydrogen-bond donors (Lipinski definition) is 2. The van der Waals surface area contributed by atoms with Gasteiger partial charge in [0.1, 0.15) is 11.8 Å². The fraction of sp³-hybridized carbons (Fsp3) is 0.353. The van der Waals surface area contributed by atoms with Crippen molar-refractivity contribution >= 4 is 28.9 Å². The quantitative estimate of drug-likeness (QED) is 0.748. The van der Waals surface area contributed by atoms with E-state index in [1.807, 2.05) is 18.2 Å². The second-order valence-electron chi connectivity index (χ2n) is 5.15. The van der Waals surface area contributed by atoms with Crippen LogP contribution in [0.15, 0.2) is 40.5 Å². The van der Waals surface area contributed by atoms with Crippen molar-refractivity contribution in [1.82, 2.24) is 5.32 Å². The molecule has 7 nitrogen and oxygen atoms in total. The van der Waals surface area contributed by atoms with Gasteiger partial charge in [-0.2, -0.15) is 0 Å². The van der Waals surface area contributed by atoms with Crippen molar-refractivity contribution in [3.8, 4) is 5.75 Å². The van der Waals surface area contributed by atoms with Gasteiger partial charge in [0.05, 0.1) is 25.0 Å². The number of aliphatic imine (C=N–C) groups is 1. The molecule has 0 aromatic heterocycles. The van der Waals surface area contributed by atoms with E-state index in [-0.39, 0.29) is 12.4 Å².